The first-order chi connectivity index (χ1) is 14.1. The van der Waals surface area contributed by atoms with Crippen LogP contribution in [-0.4, -0.2) is 28.2 Å². The SMILES string of the molecule is C[C@H](OC(=O)c1cc(-c2ccccc2)n[nH]1)C(=O)N[C@H]1CCCc2ccccc21. The number of esters is 1. The van der Waals surface area contributed by atoms with Crippen LogP contribution in [-0.2, 0) is 16.0 Å². The molecule has 1 heterocycles. The summed E-state index contributed by atoms with van der Waals surface area (Å²) in [7, 11) is 0. The third kappa shape index (κ3) is 4.21. The molecule has 3 aromatic rings. The van der Waals surface area contributed by atoms with E-state index in [4.69, 9.17) is 4.74 Å². The summed E-state index contributed by atoms with van der Waals surface area (Å²) in [5.74, 6) is -0.908. The summed E-state index contributed by atoms with van der Waals surface area (Å²) in [6.07, 6.45) is 2.02. The summed E-state index contributed by atoms with van der Waals surface area (Å²) in [5.41, 5.74) is 4.16. The van der Waals surface area contributed by atoms with Crippen LogP contribution in [0, 0.1) is 0 Å². The first-order valence-corrected chi connectivity index (χ1v) is 9.82. The van der Waals surface area contributed by atoms with Crippen LogP contribution in [0.4, 0.5) is 0 Å². The van der Waals surface area contributed by atoms with Gasteiger partial charge in [-0.2, -0.15) is 5.10 Å². The number of nitrogens with one attached hydrogen (secondary N) is 2. The summed E-state index contributed by atoms with van der Waals surface area (Å²) >= 11 is 0. The molecule has 1 aliphatic rings. The second-order valence-electron chi connectivity index (χ2n) is 7.23. The number of benzene rings is 2. The molecule has 0 bridgehead atoms. The number of nitrogens with zero attached hydrogens (tertiary/aromatic N) is 1. The van der Waals surface area contributed by atoms with Crippen molar-refractivity contribution in [1.82, 2.24) is 15.5 Å². The minimum Gasteiger partial charge on any atom is -0.448 e. The molecule has 2 atom stereocenters. The maximum Gasteiger partial charge on any atom is 0.357 e. The topological polar surface area (TPSA) is 84.1 Å². The number of carbonyl (C=O) groups excluding carboxylic acids is 2. The number of rotatable bonds is 5. The fourth-order valence-corrected chi connectivity index (χ4v) is 3.65. The van der Waals surface area contributed by atoms with Crippen LogP contribution in [0.5, 0.6) is 0 Å². The lowest BCUT2D eigenvalue weighted by Gasteiger charge is -2.27. The second-order valence-corrected chi connectivity index (χ2v) is 7.23. The second kappa shape index (κ2) is 8.31. The molecule has 2 N–H and O–H groups in total. The largest absolute Gasteiger partial charge is 0.448 e. The fraction of sp³-hybridized carbons (Fsp3) is 0.261. The van der Waals surface area contributed by atoms with Gasteiger partial charge in [0.25, 0.3) is 5.91 Å². The zero-order valence-electron chi connectivity index (χ0n) is 16.2. The van der Waals surface area contributed by atoms with Crippen molar-refractivity contribution >= 4 is 11.9 Å². The first-order valence-electron chi connectivity index (χ1n) is 9.82. The number of amides is 1. The van der Waals surface area contributed by atoms with E-state index in [0.29, 0.717) is 5.69 Å². The molecule has 148 valence electrons. The number of aromatic nitrogens is 2. The fourth-order valence-electron chi connectivity index (χ4n) is 3.65. The van der Waals surface area contributed by atoms with Crippen LogP contribution in [0.25, 0.3) is 11.3 Å². The van der Waals surface area contributed by atoms with E-state index in [0.717, 1.165) is 30.4 Å². The predicted molar refractivity (Wildman–Crippen MR) is 109 cm³/mol. The van der Waals surface area contributed by atoms with Crippen molar-refractivity contribution in [3.63, 3.8) is 0 Å². The number of hydrogen-bond acceptors (Lipinski definition) is 4. The molecular formula is C23H23N3O3. The lowest BCUT2D eigenvalue weighted by Crippen LogP contribution is -2.39. The van der Waals surface area contributed by atoms with E-state index < -0.39 is 12.1 Å². The van der Waals surface area contributed by atoms with Gasteiger partial charge in [-0.3, -0.25) is 9.89 Å². The van der Waals surface area contributed by atoms with Gasteiger partial charge < -0.3 is 10.1 Å². The molecule has 6 heteroatoms. The number of aryl methyl sites for hydroxylation is 1. The van der Waals surface area contributed by atoms with Gasteiger partial charge in [-0.15, -0.1) is 0 Å². The number of ether oxygens (including phenoxy) is 1. The van der Waals surface area contributed by atoms with E-state index in [-0.39, 0.29) is 17.6 Å². The minimum atomic E-state index is -0.903. The molecule has 0 spiro atoms. The smallest absolute Gasteiger partial charge is 0.357 e. The molecule has 0 radical (unpaired) electrons. The van der Waals surface area contributed by atoms with Gasteiger partial charge in [0.2, 0.25) is 0 Å². The molecule has 1 aromatic heterocycles. The highest BCUT2D eigenvalue weighted by Crippen LogP contribution is 2.29. The van der Waals surface area contributed by atoms with Gasteiger partial charge in [0.1, 0.15) is 5.69 Å². The Hall–Kier alpha value is -3.41. The third-order valence-corrected chi connectivity index (χ3v) is 5.21. The van der Waals surface area contributed by atoms with Gasteiger partial charge in [0, 0.05) is 5.56 Å². The van der Waals surface area contributed by atoms with Gasteiger partial charge in [-0.05, 0) is 43.4 Å². The maximum atomic E-state index is 12.6. The molecule has 2 aromatic carbocycles. The Morgan fingerprint density at radius 2 is 1.90 bits per heavy atom. The number of aromatic amines is 1. The third-order valence-electron chi connectivity index (χ3n) is 5.21. The standard InChI is InChI=1S/C23H23N3O3/c1-15(22(27)24-19-13-7-11-16-8-5-6-12-18(16)19)29-23(28)21-14-20(25-26-21)17-9-3-2-4-10-17/h2-6,8-10,12,14-15,19H,7,11,13H2,1H3,(H,24,27)(H,25,26)/t15-,19-/m0/s1. The van der Waals surface area contributed by atoms with Crippen LogP contribution in [0.15, 0.2) is 60.7 Å². The first kappa shape index (κ1) is 18.9. The quantitative estimate of drug-likeness (QED) is 0.650. The Bertz CT molecular complexity index is 1010. The van der Waals surface area contributed by atoms with Crippen LogP contribution in [0.1, 0.15) is 47.4 Å². The molecule has 0 saturated heterocycles. The highest BCUT2D eigenvalue weighted by Gasteiger charge is 2.26. The van der Waals surface area contributed by atoms with Gasteiger partial charge in [-0.1, -0.05) is 54.6 Å². The summed E-state index contributed by atoms with van der Waals surface area (Å²) < 4.78 is 5.35. The summed E-state index contributed by atoms with van der Waals surface area (Å²) in [6, 6.07) is 19.2. The average molecular weight is 389 g/mol. The molecule has 1 aliphatic carbocycles. The van der Waals surface area contributed by atoms with Crippen molar-refractivity contribution in [2.45, 2.75) is 38.3 Å². The van der Waals surface area contributed by atoms with E-state index in [1.165, 1.54) is 5.56 Å². The highest BCUT2D eigenvalue weighted by molar-refractivity contribution is 5.91. The van der Waals surface area contributed by atoms with Crippen LogP contribution >= 0.6 is 0 Å². The van der Waals surface area contributed by atoms with E-state index in [1.807, 2.05) is 48.5 Å². The maximum absolute atomic E-state index is 12.6. The molecule has 29 heavy (non-hydrogen) atoms. The van der Waals surface area contributed by atoms with E-state index in [1.54, 1.807) is 13.0 Å². The van der Waals surface area contributed by atoms with Gasteiger partial charge in [0.05, 0.1) is 11.7 Å². The summed E-state index contributed by atoms with van der Waals surface area (Å²) in [6.45, 7) is 1.58. The zero-order chi connectivity index (χ0) is 20.2. The predicted octanol–water partition coefficient (Wildman–Crippen LogP) is 3.82. The Morgan fingerprint density at radius 1 is 1.14 bits per heavy atom. The molecule has 4 rings (SSSR count). The molecule has 1 amide bonds. The van der Waals surface area contributed by atoms with Crippen molar-refractivity contribution in [3.8, 4) is 11.3 Å². The monoisotopic (exact) mass is 389 g/mol. The van der Waals surface area contributed by atoms with Crippen molar-refractivity contribution < 1.29 is 14.3 Å². The van der Waals surface area contributed by atoms with Gasteiger partial charge in [0.15, 0.2) is 6.10 Å². The lowest BCUT2D eigenvalue weighted by molar-refractivity contribution is -0.130. The van der Waals surface area contributed by atoms with E-state index in [9.17, 15) is 9.59 Å². The van der Waals surface area contributed by atoms with E-state index in [2.05, 4.69) is 21.6 Å². The van der Waals surface area contributed by atoms with Gasteiger partial charge >= 0.3 is 5.97 Å². The number of carbonyl (C=O) groups is 2. The summed E-state index contributed by atoms with van der Waals surface area (Å²) in [5, 5.41) is 9.86. The van der Waals surface area contributed by atoms with Crippen molar-refractivity contribution in [2.24, 2.45) is 0 Å². The Morgan fingerprint density at radius 3 is 2.72 bits per heavy atom. The Labute approximate surface area is 169 Å². The lowest BCUT2D eigenvalue weighted by atomic mass is 9.87. The van der Waals surface area contributed by atoms with Crippen molar-refractivity contribution in [1.29, 1.82) is 0 Å². The minimum absolute atomic E-state index is 0.0505. The van der Waals surface area contributed by atoms with Gasteiger partial charge in [-0.25, -0.2) is 4.79 Å². The van der Waals surface area contributed by atoms with Crippen LogP contribution in [0.3, 0.4) is 0 Å². The number of hydrogen-bond donors (Lipinski definition) is 2. The van der Waals surface area contributed by atoms with E-state index >= 15 is 0 Å². The van der Waals surface area contributed by atoms with Crippen LogP contribution < -0.4 is 5.32 Å². The average Bonchev–Trinajstić information content (AvgIpc) is 3.25. The highest BCUT2D eigenvalue weighted by atomic mass is 16.5. The number of fused-ring (bicyclic) bond motifs is 1. The van der Waals surface area contributed by atoms with Crippen molar-refractivity contribution in [3.05, 3.63) is 77.5 Å². The molecule has 6 nitrogen and oxygen atoms in total. The Kier molecular flexibility index (Phi) is 5.42. The normalized spacial score (nSPS) is 16.5. The molecule has 0 unspecified atom stereocenters. The molecule has 0 aliphatic heterocycles. The zero-order valence-corrected chi connectivity index (χ0v) is 16.2. The summed E-state index contributed by atoms with van der Waals surface area (Å²) in [4.78, 5) is 25.0. The Balaban J connectivity index is 1.38. The van der Waals surface area contributed by atoms with Crippen molar-refractivity contribution in [2.75, 3.05) is 0 Å². The molecule has 0 saturated carbocycles. The molecular weight excluding hydrogens is 366 g/mol. The number of H-pyrrole nitrogens is 1. The molecule has 0 fully saturated rings. The van der Waals surface area contributed by atoms with Crippen LogP contribution in [0.2, 0.25) is 0 Å².